The molecule has 0 saturated heterocycles. The molecular weight excluding hydrogens is 255 g/mol. The van der Waals surface area contributed by atoms with E-state index in [1.165, 1.54) is 10.7 Å². The minimum Gasteiger partial charge on any atom is -0.252 e. The molecule has 19 heavy (non-hydrogen) atoms. The van der Waals surface area contributed by atoms with Crippen LogP contribution >= 0.6 is 0 Å². The van der Waals surface area contributed by atoms with E-state index in [4.69, 9.17) is 0 Å². The zero-order valence-electron chi connectivity index (χ0n) is 10.9. The Hall–Kier alpha value is -1.85. The van der Waals surface area contributed by atoms with Crippen LogP contribution in [-0.4, -0.2) is 14.8 Å². The Morgan fingerprint density at radius 3 is 2.42 bits per heavy atom. The number of aromatic nitrogens is 3. The summed E-state index contributed by atoms with van der Waals surface area (Å²) in [5.74, 6) is 0.226. The number of pyridine rings is 1. The third-order valence-electron chi connectivity index (χ3n) is 2.78. The van der Waals surface area contributed by atoms with Crippen LogP contribution in [0.2, 0.25) is 0 Å². The molecule has 2 heterocycles. The summed E-state index contributed by atoms with van der Waals surface area (Å²) in [5.41, 5.74) is 1.10. The molecule has 0 radical (unpaired) electrons. The van der Waals surface area contributed by atoms with Crippen LogP contribution in [0, 0.1) is 6.92 Å². The first-order valence-electron chi connectivity index (χ1n) is 5.89. The average Bonchev–Trinajstić information content (AvgIpc) is 2.71. The summed E-state index contributed by atoms with van der Waals surface area (Å²) in [6.07, 6.45) is -3.30. The SMILES string of the molecule is Cc1cc(C(C)C)nn1-c1ccnc(C(F)(F)F)c1. The molecule has 0 N–H and O–H groups in total. The summed E-state index contributed by atoms with van der Waals surface area (Å²) in [4.78, 5) is 3.34. The van der Waals surface area contributed by atoms with Gasteiger partial charge < -0.3 is 0 Å². The van der Waals surface area contributed by atoms with E-state index in [0.717, 1.165) is 23.7 Å². The number of aryl methyl sites for hydroxylation is 1. The summed E-state index contributed by atoms with van der Waals surface area (Å²) in [6.45, 7) is 5.78. The molecule has 0 aliphatic rings. The van der Waals surface area contributed by atoms with Crippen molar-refractivity contribution in [1.29, 1.82) is 0 Å². The molecule has 6 heteroatoms. The van der Waals surface area contributed by atoms with Gasteiger partial charge in [-0.2, -0.15) is 18.3 Å². The molecule has 0 aromatic carbocycles. The fraction of sp³-hybridized carbons (Fsp3) is 0.385. The van der Waals surface area contributed by atoms with Gasteiger partial charge in [-0.1, -0.05) is 13.8 Å². The van der Waals surface area contributed by atoms with E-state index in [1.807, 2.05) is 26.8 Å². The first-order valence-corrected chi connectivity index (χ1v) is 5.89. The van der Waals surface area contributed by atoms with Crippen molar-refractivity contribution in [3.05, 3.63) is 41.5 Å². The van der Waals surface area contributed by atoms with Crippen LogP contribution in [0.15, 0.2) is 24.4 Å². The second kappa shape index (κ2) is 4.68. The lowest BCUT2D eigenvalue weighted by Gasteiger charge is -2.09. The number of nitrogens with zero attached hydrogens (tertiary/aromatic N) is 3. The van der Waals surface area contributed by atoms with Gasteiger partial charge in [0.1, 0.15) is 5.69 Å². The van der Waals surface area contributed by atoms with Crippen LogP contribution in [0.1, 0.15) is 36.8 Å². The highest BCUT2D eigenvalue weighted by atomic mass is 19.4. The Morgan fingerprint density at radius 2 is 1.89 bits per heavy atom. The van der Waals surface area contributed by atoms with Crippen molar-refractivity contribution in [3.8, 4) is 5.69 Å². The topological polar surface area (TPSA) is 30.7 Å². The van der Waals surface area contributed by atoms with Gasteiger partial charge in [0.25, 0.3) is 0 Å². The Balaban J connectivity index is 2.48. The van der Waals surface area contributed by atoms with Crippen LogP contribution in [-0.2, 0) is 6.18 Å². The van der Waals surface area contributed by atoms with E-state index >= 15 is 0 Å². The molecule has 2 aromatic heterocycles. The lowest BCUT2D eigenvalue weighted by Crippen LogP contribution is -2.09. The van der Waals surface area contributed by atoms with Gasteiger partial charge in [0, 0.05) is 11.9 Å². The molecule has 0 bridgehead atoms. The molecular formula is C13H14F3N3. The maximum absolute atomic E-state index is 12.6. The summed E-state index contributed by atoms with van der Waals surface area (Å²) in [7, 11) is 0. The lowest BCUT2D eigenvalue weighted by atomic mass is 10.1. The minimum absolute atomic E-state index is 0.226. The largest absolute Gasteiger partial charge is 0.433 e. The Labute approximate surface area is 109 Å². The molecule has 0 spiro atoms. The van der Waals surface area contributed by atoms with Crippen LogP contribution in [0.4, 0.5) is 13.2 Å². The maximum atomic E-state index is 12.6. The maximum Gasteiger partial charge on any atom is 0.433 e. The fourth-order valence-electron chi connectivity index (χ4n) is 1.75. The Bertz CT molecular complexity index is 585. The van der Waals surface area contributed by atoms with Gasteiger partial charge in [0.2, 0.25) is 0 Å². The number of hydrogen-bond donors (Lipinski definition) is 0. The summed E-state index contributed by atoms with van der Waals surface area (Å²) >= 11 is 0. The Kier molecular flexibility index (Phi) is 3.34. The van der Waals surface area contributed by atoms with Crippen molar-refractivity contribution in [2.45, 2.75) is 32.9 Å². The summed E-state index contributed by atoms with van der Waals surface area (Å²) in [5, 5.41) is 4.32. The third-order valence-corrected chi connectivity index (χ3v) is 2.78. The molecule has 3 nitrogen and oxygen atoms in total. The minimum atomic E-state index is -4.45. The predicted molar refractivity (Wildman–Crippen MR) is 65.2 cm³/mol. The van der Waals surface area contributed by atoms with Crippen molar-refractivity contribution < 1.29 is 13.2 Å². The third kappa shape index (κ3) is 2.77. The number of rotatable bonds is 2. The van der Waals surface area contributed by atoms with Gasteiger partial charge in [-0.05, 0) is 31.0 Å². The average molecular weight is 269 g/mol. The van der Waals surface area contributed by atoms with Crippen LogP contribution in [0.25, 0.3) is 5.69 Å². The first kappa shape index (κ1) is 13.6. The molecule has 0 aliphatic carbocycles. The molecule has 0 amide bonds. The van der Waals surface area contributed by atoms with Crippen molar-refractivity contribution in [3.63, 3.8) is 0 Å². The number of alkyl halides is 3. The van der Waals surface area contributed by atoms with Gasteiger partial charge in [0.05, 0.1) is 11.4 Å². The molecule has 102 valence electrons. The summed E-state index contributed by atoms with van der Waals surface area (Å²) < 4.78 is 39.4. The lowest BCUT2D eigenvalue weighted by molar-refractivity contribution is -0.141. The van der Waals surface area contributed by atoms with Crippen LogP contribution < -0.4 is 0 Å². The normalized spacial score (nSPS) is 12.2. The van der Waals surface area contributed by atoms with Gasteiger partial charge in [-0.25, -0.2) is 4.68 Å². The van der Waals surface area contributed by atoms with E-state index in [-0.39, 0.29) is 5.92 Å². The molecule has 2 rings (SSSR count). The van der Waals surface area contributed by atoms with Gasteiger partial charge in [-0.15, -0.1) is 0 Å². The van der Waals surface area contributed by atoms with E-state index in [2.05, 4.69) is 10.1 Å². The molecule has 0 fully saturated rings. The standard InChI is InChI=1S/C13H14F3N3/c1-8(2)11-6-9(3)19(18-11)10-4-5-17-12(7-10)13(14,15)16/h4-8H,1-3H3. The van der Waals surface area contributed by atoms with Crippen molar-refractivity contribution in [2.75, 3.05) is 0 Å². The van der Waals surface area contributed by atoms with Crippen molar-refractivity contribution >= 4 is 0 Å². The van der Waals surface area contributed by atoms with Gasteiger partial charge in [-0.3, -0.25) is 4.98 Å². The number of halogens is 3. The molecule has 0 saturated carbocycles. The highest BCUT2D eigenvalue weighted by Gasteiger charge is 2.32. The van der Waals surface area contributed by atoms with E-state index in [1.54, 1.807) is 0 Å². The molecule has 0 atom stereocenters. The zero-order valence-corrected chi connectivity index (χ0v) is 10.9. The van der Waals surface area contributed by atoms with Crippen LogP contribution in [0.5, 0.6) is 0 Å². The predicted octanol–water partition coefficient (Wildman–Crippen LogP) is 3.72. The van der Waals surface area contributed by atoms with Crippen molar-refractivity contribution in [2.24, 2.45) is 0 Å². The number of hydrogen-bond acceptors (Lipinski definition) is 2. The monoisotopic (exact) mass is 269 g/mol. The van der Waals surface area contributed by atoms with Gasteiger partial charge >= 0.3 is 6.18 Å². The smallest absolute Gasteiger partial charge is 0.252 e. The molecule has 0 unspecified atom stereocenters. The highest BCUT2D eigenvalue weighted by Crippen LogP contribution is 2.28. The molecule has 2 aromatic rings. The van der Waals surface area contributed by atoms with Crippen LogP contribution in [0.3, 0.4) is 0 Å². The van der Waals surface area contributed by atoms with E-state index in [0.29, 0.717) is 5.69 Å². The Morgan fingerprint density at radius 1 is 1.21 bits per heavy atom. The van der Waals surface area contributed by atoms with Crippen molar-refractivity contribution in [1.82, 2.24) is 14.8 Å². The summed E-state index contributed by atoms with van der Waals surface area (Å²) in [6, 6.07) is 4.39. The van der Waals surface area contributed by atoms with E-state index in [9.17, 15) is 13.2 Å². The van der Waals surface area contributed by atoms with E-state index < -0.39 is 11.9 Å². The first-order chi connectivity index (χ1) is 8.79. The second-order valence-corrected chi connectivity index (χ2v) is 4.67. The quantitative estimate of drug-likeness (QED) is 0.832. The second-order valence-electron chi connectivity index (χ2n) is 4.67. The molecule has 0 aliphatic heterocycles. The fourth-order valence-corrected chi connectivity index (χ4v) is 1.75. The zero-order chi connectivity index (χ0) is 14.2. The highest BCUT2D eigenvalue weighted by molar-refractivity contribution is 5.35. The van der Waals surface area contributed by atoms with Gasteiger partial charge in [0.15, 0.2) is 0 Å².